The fourth-order valence-electron chi connectivity index (χ4n) is 3.12. The summed E-state index contributed by atoms with van der Waals surface area (Å²) in [5.74, 6) is -0.347. The van der Waals surface area contributed by atoms with E-state index < -0.39 is 0 Å². The smallest absolute Gasteiger partial charge is 0.261 e. The number of unbranched alkanes of at least 4 members (excludes halogenated alkanes) is 1. The van der Waals surface area contributed by atoms with Gasteiger partial charge in [0.25, 0.3) is 11.8 Å². The van der Waals surface area contributed by atoms with Crippen molar-refractivity contribution in [3.8, 4) is 0 Å². The van der Waals surface area contributed by atoms with Crippen LogP contribution in [-0.2, 0) is 6.54 Å². The van der Waals surface area contributed by atoms with Gasteiger partial charge in [0.1, 0.15) is 0 Å². The molecule has 0 unspecified atom stereocenters. The van der Waals surface area contributed by atoms with Crippen molar-refractivity contribution in [1.29, 1.82) is 0 Å². The predicted octanol–water partition coefficient (Wildman–Crippen LogP) is 3.85. The van der Waals surface area contributed by atoms with Gasteiger partial charge in [-0.05, 0) is 56.3 Å². The van der Waals surface area contributed by atoms with Crippen molar-refractivity contribution >= 4 is 23.4 Å². The second-order valence-corrected chi connectivity index (χ2v) is 6.82. The highest BCUT2D eigenvalue weighted by atomic mass is 35.5. The van der Waals surface area contributed by atoms with Gasteiger partial charge < -0.3 is 4.90 Å². The van der Waals surface area contributed by atoms with E-state index in [0.29, 0.717) is 17.7 Å². The van der Waals surface area contributed by atoms with E-state index in [-0.39, 0.29) is 11.8 Å². The van der Waals surface area contributed by atoms with Crippen LogP contribution in [0.15, 0.2) is 48.5 Å². The number of hydrogen-bond donors (Lipinski definition) is 0. The Bertz CT molecular complexity index is 756. The third kappa shape index (κ3) is 4.09. The number of carbonyl (C=O) groups excluding carboxylic acids is 2. The van der Waals surface area contributed by atoms with E-state index in [4.69, 9.17) is 11.6 Å². The minimum atomic E-state index is -0.173. The topological polar surface area (TPSA) is 40.6 Å². The Morgan fingerprint density at radius 3 is 2.28 bits per heavy atom. The maximum Gasteiger partial charge on any atom is 0.261 e. The van der Waals surface area contributed by atoms with Crippen molar-refractivity contribution in [1.82, 2.24) is 9.80 Å². The summed E-state index contributed by atoms with van der Waals surface area (Å²) >= 11 is 6.01. The summed E-state index contributed by atoms with van der Waals surface area (Å²) < 4.78 is 0. The van der Waals surface area contributed by atoms with Gasteiger partial charge in [-0.15, -0.1) is 0 Å². The molecule has 1 heterocycles. The molecule has 4 nitrogen and oxygen atoms in total. The van der Waals surface area contributed by atoms with E-state index in [1.54, 1.807) is 24.3 Å². The standard InChI is InChI=1S/C20H21ClN2O2/c1-22(14-15-7-6-8-16(21)13-15)11-4-5-12-23-19(24)17-9-2-3-10-18(17)20(23)25/h2-3,6-10,13H,4-5,11-12,14H2,1H3. The Morgan fingerprint density at radius 2 is 1.64 bits per heavy atom. The third-order valence-electron chi connectivity index (χ3n) is 4.39. The van der Waals surface area contributed by atoms with Crippen LogP contribution >= 0.6 is 11.6 Å². The minimum Gasteiger partial charge on any atom is -0.302 e. The van der Waals surface area contributed by atoms with Gasteiger partial charge in [-0.3, -0.25) is 14.5 Å². The molecule has 130 valence electrons. The molecule has 25 heavy (non-hydrogen) atoms. The lowest BCUT2D eigenvalue weighted by molar-refractivity contribution is 0.0650. The van der Waals surface area contributed by atoms with E-state index in [1.807, 2.05) is 18.2 Å². The summed E-state index contributed by atoms with van der Waals surface area (Å²) in [6.45, 7) is 2.20. The Kier molecular flexibility index (Phi) is 5.51. The van der Waals surface area contributed by atoms with Gasteiger partial charge in [-0.25, -0.2) is 0 Å². The zero-order valence-corrected chi connectivity index (χ0v) is 15.0. The van der Waals surface area contributed by atoms with Crippen molar-refractivity contribution in [2.24, 2.45) is 0 Å². The van der Waals surface area contributed by atoms with Crippen LogP contribution in [0.2, 0.25) is 5.02 Å². The number of fused-ring (bicyclic) bond motifs is 1. The number of hydrogen-bond acceptors (Lipinski definition) is 3. The molecule has 2 aromatic rings. The van der Waals surface area contributed by atoms with Crippen molar-refractivity contribution in [3.63, 3.8) is 0 Å². The highest BCUT2D eigenvalue weighted by molar-refractivity contribution is 6.30. The number of imide groups is 1. The molecule has 1 aliphatic rings. The molecule has 0 bridgehead atoms. The molecule has 1 aliphatic heterocycles. The fourth-order valence-corrected chi connectivity index (χ4v) is 3.33. The molecule has 2 amide bonds. The number of nitrogens with zero attached hydrogens (tertiary/aromatic N) is 2. The van der Waals surface area contributed by atoms with Crippen LogP contribution in [0.5, 0.6) is 0 Å². The van der Waals surface area contributed by atoms with Crippen molar-refractivity contribution in [3.05, 3.63) is 70.2 Å². The number of halogens is 1. The third-order valence-corrected chi connectivity index (χ3v) is 4.63. The first-order valence-electron chi connectivity index (χ1n) is 8.44. The maximum atomic E-state index is 12.3. The van der Waals surface area contributed by atoms with Crippen LogP contribution in [0.1, 0.15) is 39.1 Å². The van der Waals surface area contributed by atoms with Crippen molar-refractivity contribution < 1.29 is 9.59 Å². The number of rotatable bonds is 7. The Labute approximate surface area is 153 Å². The average molecular weight is 357 g/mol. The SMILES string of the molecule is CN(CCCCN1C(=O)c2ccccc2C1=O)Cc1cccc(Cl)c1. The van der Waals surface area contributed by atoms with Gasteiger partial charge in [0.15, 0.2) is 0 Å². The van der Waals surface area contributed by atoms with Crippen LogP contribution < -0.4 is 0 Å². The fraction of sp³-hybridized carbons (Fsp3) is 0.300. The summed E-state index contributed by atoms with van der Waals surface area (Å²) in [6, 6.07) is 14.9. The summed E-state index contributed by atoms with van der Waals surface area (Å²) in [5.41, 5.74) is 2.21. The monoisotopic (exact) mass is 356 g/mol. The normalized spacial score (nSPS) is 13.6. The summed E-state index contributed by atoms with van der Waals surface area (Å²) in [7, 11) is 2.06. The van der Waals surface area contributed by atoms with Crippen molar-refractivity contribution in [2.75, 3.05) is 20.1 Å². The molecule has 0 saturated carbocycles. The van der Waals surface area contributed by atoms with Crippen LogP contribution in [0.25, 0.3) is 0 Å². The first kappa shape index (κ1) is 17.6. The van der Waals surface area contributed by atoms with Crippen molar-refractivity contribution in [2.45, 2.75) is 19.4 Å². The summed E-state index contributed by atoms with van der Waals surface area (Å²) in [4.78, 5) is 28.2. The molecule has 0 saturated heterocycles. The molecule has 0 aromatic heterocycles. The number of benzene rings is 2. The first-order chi connectivity index (χ1) is 12.1. The molecule has 0 radical (unpaired) electrons. The Balaban J connectivity index is 1.45. The highest BCUT2D eigenvalue weighted by Crippen LogP contribution is 2.22. The first-order valence-corrected chi connectivity index (χ1v) is 8.82. The molecule has 0 spiro atoms. The van der Waals surface area contributed by atoms with Crippen LogP contribution in [0, 0.1) is 0 Å². The van der Waals surface area contributed by atoms with E-state index >= 15 is 0 Å². The lowest BCUT2D eigenvalue weighted by atomic mass is 10.1. The summed E-state index contributed by atoms with van der Waals surface area (Å²) in [6.07, 6.45) is 1.72. The van der Waals surface area contributed by atoms with E-state index in [9.17, 15) is 9.59 Å². The van der Waals surface area contributed by atoms with E-state index in [1.165, 1.54) is 10.5 Å². The van der Waals surface area contributed by atoms with E-state index in [0.717, 1.165) is 31.0 Å². The molecule has 5 heteroatoms. The predicted molar refractivity (Wildman–Crippen MR) is 98.8 cm³/mol. The zero-order valence-electron chi connectivity index (χ0n) is 14.2. The quantitative estimate of drug-likeness (QED) is 0.559. The van der Waals surface area contributed by atoms with Crippen LogP contribution in [0.4, 0.5) is 0 Å². The van der Waals surface area contributed by atoms with Gasteiger partial charge in [-0.1, -0.05) is 35.9 Å². The number of carbonyl (C=O) groups is 2. The Hall–Kier alpha value is -2.17. The average Bonchev–Trinajstić information content (AvgIpc) is 2.84. The molecule has 0 fully saturated rings. The van der Waals surface area contributed by atoms with Gasteiger partial charge in [0, 0.05) is 18.1 Å². The zero-order chi connectivity index (χ0) is 17.8. The van der Waals surface area contributed by atoms with Gasteiger partial charge in [0.2, 0.25) is 0 Å². The minimum absolute atomic E-state index is 0.173. The molecule has 0 aliphatic carbocycles. The van der Waals surface area contributed by atoms with Gasteiger partial charge in [0.05, 0.1) is 11.1 Å². The molecule has 3 rings (SSSR count). The van der Waals surface area contributed by atoms with Crippen LogP contribution in [-0.4, -0.2) is 41.8 Å². The summed E-state index contributed by atoms with van der Waals surface area (Å²) in [5, 5.41) is 0.747. The largest absolute Gasteiger partial charge is 0.302 e. The van der Waals surface area contributed by atoms with E-state index in [2.05, 4.69) is 18.0 Å². The lowest BCUT2D eigenvalue weighted by Gasteiger charge is -2.18. The van der Waals surface area contributed by atoms with Crippen LogP contribution in [0.3, 0.4) is 0 Å². The molecule has 0 atom stereocenters. The second-order valence-electron chi connectivity index (χ2n) is 6.38. The number of amides is 2. The lowest BCUT2D eigenvalue weighted by Crippen LogP contribution is -2.31. The molecule has 2 aromatic carbocycles. The maximum absolute atomic E-state index is 12.3. The molecular formula is C20H21ClN2O2. The van der Waals surface area contributed by atoms with Gasteiger partial charge in [-0.2, -0.15) is 0 Å². The molecule has 0 N–H and O–H groups in total. The van der Waals surface area contributed by atoms with Gasteiger partial charge >= 0.3 is 0 Å². The second kappa shape index (κ2) is 7.81. The highest BCUT2D eigenvalue weighted by Gasteiger charge is 2.34. The molecular weight excluding hydrogens is 336 g/mol. The Morgan fingerprint density at radius 1 is 0.960 bits per heavy atom.